The van der Waals surface area contributed by atoms with Crippen molar-refractivity contribution in [1.29, 1.82) is 0 Å². The molecule has 4 heterocycles. The third-order valence-corrected chi connectivity index (χ3v) is 9.37. The zero-order valence-corrected chi connectivity index (χ0v) is 22.7. The summed E-state index contributed by atoms with van der Waals surface area (Å²) in [6, 6.07) is -0.403. The molecule has 218 valence electrons. The summed E-state index contributed by atoms with van der Waals surface area (Å²) in [6.45, 7) is 9.20. The first-order chi connectivity index (χ1) is 18.2. The van der Waals surface area contributed by atoms with E-state index in [1.807, 2.05) is 0 Å². The molecule has 1 amide bonds. The van der Waals surface area contributed by atoms with Crippen molar-refractivity contribution in [2.75, 3.05) is 32.7 Å². The molecule has 0 bridgehead atoms. The lowest BCUT2D eigenvalue weighted by Gasteiger charge is -2.44. The van der Waals surface area contributed by atoms with Gasteiger partial charge < -0.3 is 15.4 Å². The summed E-state index contributed by atoms with van der Waals surface area (Å²) in [7, 11) is 0. The number of carbonyl (C=O) groups excluding carboxylic acids is 1. The van der Waals surface area contributed by atoms with Crippen LogP contribution in [0.4, 0.5) is 13.2 Å². The minimum atomic E-state index is -4.60. The lowest BCUT2D eigenvalue weighted by Crippen LogP contribution is -2.67. The highest BCUT2D eigenvalue weighted by molar-refractivity contribution is 5.83. The molecule has 5 rings (SSSR count). The molecular weight excluding hydrogens is 499 g/mol. The number of nitrogens with one attached hydrogen (secondary N) is 6. The maximum atomic E-state index is 13.4. The first-order valence-corrected chi connectivity index (χ1v) is 14.7. The van der Waals surface area contributed by atoms with Crippen molar-refractivity contribution < 1.29 is 22.7 Å². The fourth-order valence-corrected chi connectivity index (χ4v) is 7.21. The van der Waals surface area contributed by atoms with Crippen LogP contribution in [-0.2, 0) is 9.53 Å². The van der Waals surface area contributed by atoms with Gasteiger partial charge in [0.25, 0.3) is 0 Å². The van der Waals surface area contributed by atoms with Crippen molar-refractivity contribution in [2.45, 2.75) is 114 Å². The number of likely N-dealkylation sites (tertiary alicyclic amines) is 1. The molecule has 4 saturated heterocycles. The molecule has 5 aliphatic rings. The Labute approximate surface area is 224 Å². The van der Waals surface area contributed by atoms with E-state index >= 15 is 0 Å². The van der Waals surface area contributed by atoms with E-state index in [0.717, 1.165) is 38.9 Å². The highest BCUT2D eigenvalue weighted by atomic mass is 19.4. The van der Waals surface area contributed by atoms with Crippen LogP contribution in [-0.4, -0.2) is 98.5 Å². The minimum Gasteiger partial charge on any atom is -0.352 e. The normalized spacial score (nSPS) is 43.3. The third kappa shape index (κ3) is 6.82. The molecule has 9 nitrogen and oxygen atoms in total. The van der Waals surface area contributed by atoms with Crippen LogP contribution in [0.5, 0.6) is 0 Å². The van der Waals surface area contributed by atoms with Crippen LogP contribution in [0.15, 0.2) is 0 Å². The number of ether oxygens (including phenoxy) is 1. The summed E-state index contributed by atoms with van der Waals surface area (Å²) in [5.41, 5.74) is 0. The average Bonchev–Trinajstić information content (AvgIpc) is 3.57. The summed E-state index contributed by atoms with van der Waals surface area (Å²) in [5, 5.41) is 20.3. The van der Waals surface area contributed by atoms with Gasteiger partial charge in [-0.1, -0.05) is 6.92 Å². The molecule has 12 heteroatoms. The van der Waals surface area contributed by atoms with Gasteiger partial charge in [0, 0.05) is 30.7 Å². The highest BCUT2D eigenvalue weighted by Crippen LogP contribution is 2.31. The summed E-state index contributed by atoms with van der Waals surface area (Å²) in [6.07, 6.45) is -0.293. The topological polar surface area (TPSA) is 102 Å². The van der Waals surface area contributed by atoms with Gasteiger partial charge in [-0.2, -0.15) is 13.2 Å². The van der Waals surface area contributed by atoms with Crippen LogP contribution in [0.25, 0.3) is 0 Å². The summed E-state index contributed by atoms with van der Waals surface area (Å²) >= 11 is 0. The number of carbonyl (C=O) groups is 1. The van der Waals surface area contributed by atoms with Crippen molar-refractivity contribution in [3.63, 3.8) is 0 Å². The smallest absolute Gasteiger partial charge is 0.352 e. The van der Waals surface area contributed by atoms with E-state index in [9.17, 15) is 18.0 Å². The monoisotopic (exact) mass is 545 g/mol. The Morgan fingerprint density at radius 2 is 1.82 bits per heavy atom. The Morgan fingerprint density at radius 3 is 2.58 bits per heavy atom. The number of alkyl halides is 3. The van der Waals surface area contributed by atoms with Crippen molar-refractivity contribution >= 4 is 5.91 Å². The molecule has 38 heavy (non-hydrogen) atoms. The number of nitrogens with zero attached hydrogens (tertiary/aromatic N) is 1. The zero-order chi connectivity index (χ0) is 26.9. The Hall–Kier alpha value is -1.02. The van der Waals surface area contributed by atoms with E-state index in [-0.39, 0.29) is 18.4 Å². The van der Waals surface area contributed by atoms with Gasteiger partial charge in [0.2, 0.25) is 5.91 Å². The SMILES string of the molecule is CC1NC(C(=O)NC2CCC(C)C(NC3NCCC(C4CNCC(N5CCCC5)C4)N3)C2)C(C(F)(F)F)O1. The van der Waals surface area contributed by atoms with Crippen molar-refractivity contribution in [3.05, 3.63) is 0 Å². The second kappa shape index (κ2) is 12.2. The van der Waals surface area contributed by atoms with Gasteiger partial charge in [0.1, 0.15) is 18.6 Å². The molecule has 4 aliphatic heterocycles. The lowest BCUT2D eigenvalue weighted by atomic mass is 9.82. The van der Waals surface area contributed by atoms with Gasteiger partial charge in [-0.25, -0.2) is 0 Å². The molecule has 10 atom stereocenters. The van der Waals surface area contributed by atoms with Gasteiger partial charge in [-0.3, -0.25) is 31.0 Å². The largest absolute Gasteiger partial charge is 0.416 e. The van der Waals surface area contributed by atoms with Gasteiger partial charge in [-0.15, -0.1) is 0 Å². The minimum absolute atomic E-state index is 0.0248. The Balaban J connectivity index is 1.13. The quantitative estimate of drug-likeness (QED) is 0.292. The molecule has 10 unspecified atom stereocenters. The molecule has 5 fully saturated rings. The summed E-state index contributed by atoms with van der Waals surface area (Å²) in [4.78, 5) is 15.5. The van der Waals surface area contributed by atoms with Crippen LogP contribution < -0.4 is 31.9 Å². The number of rotatable bonds is 6. The van der Waals surface area contributed by atoms with Gasteiger partial charge in [0.05, 0.1) is 0 Å². The molecule has 0 radical (unpaired) electrons. The van der Waals surface area contributed by atoms with Crippen LogP contribution >= 0.6 is 0 Å². The fraction of sp³-hybridized carbons (Fsp3) is 0.962. The number of halogens is 3. The van der Waals surface area contributed by atoms with Crippen LogP contribution in [0.3, 0.4) is 0 Å². The maximum absolute atomic E-state index is 13.4. The van der Waals surface area contributed by atoms with E-state index in [4.69, 9.17) is 4.74 Å². The highest BCUT2D eigenvalue weighted by Gasteiger charge is 2.53. The zero-order valence-electron chi connectivity index (χ0n) is 22.7. The molecule has 6 N–H and O–H groups in total. The summed E-state index contributed by atoms with van der Waals surface area (Å²) < 4.78 is 45.1. The molecule has 1 aliphatic carbocycles. The Kier molecular flexibility index (Phi) is 9.18. The second-order valence-electron chi connectivity index (χ2n) is 12.2. The van der Waals surface area contributed by atoms with Crippen molar-refractivity contribution in [1.82, 2.24) is 36.8 Å². The number of piperidine rings is 1. The number of hydrogen-bond donors (Lipinski definition) is 6. The molecule has 0 spiro atoms. The van der Waals surface area contributed by atoms with Crippen LogP contribution in [0, 0.1) is 11.8 Å². The van der Waals surface area contributed by atoms with E-state index < -0.39 is 30.5 Å². The van der Waals surface area contributed by atoms with Gasteiger partial charge in [-0.05, 0) is 89.9 Å². The maximum Gasteiger partial charge on any atom is 0.416 e. The number of hydrogen-bond acceptors (Lipinski definition) is 8. The predicted molar refractivity (Wildman–Crippen MR) is 138 cm³/mol. The standard InChI is InChI=1S/C26H46F3N7O2/c1-15-5-6-18(33-24(37)22-23(26(27,28)29)38-16(2)32-22)12-21(15)35-25-31-8-7-20(34-25)17-11-19(14-30-13-17)36-9-3-4-10-36/h15-23,25,30-32,34-35H,3-14H2,1-2H3,(H,33,37). The average molecular weight is 546 g/mol. The van der Waals surface area contributed by atoms with Gasteiger partial charge >= 0.3 is 6.18 Å². The predicted octanol–water partition coefficient (Wildman–Crippen LogP) is 0.824. The molecule has 1 saturated carbocycles. The fourth-order valence-electron chi connectivity index (χ4n) is 7.21. The van der Waals surface area contributed by atoms with Crippen molar-refractivity contribution in [2.24, 2.45) is 11.8 Å². The molecule has 0 aromatic rings. The van der Waals surface area contributed by atoms with E-state index in [2.05, 4.69) is 43.7 Å². The van der Waals surface area contributed by atoms with E-state index in [1.54, 1.807) is 0 Å². The summed E-state index contributed by atoms with van der Waals surface area (Å²) in [5.74, 6) is 0.349. The second-order valence-corrected chi connectivity index (χ2v) is 12.2. The lowest BCUT2D eigenvalue weighted by molar-refractivity contribution is -0.216. The first-order valence-electron chi connectivity index (χ1n) is 14.7. The Bertz CT molecular complexity index is 799. The van der Waals surface area contributed by atoms with E-state index in [1.165, 1.54) is 39.3 Å². The number of amides is 1. The molecule has 0 aromatic heterocycles. The van der Waals surface area contributed by atoms with Gasteiger partial charge in [0.15, 0.2) is 6.10 Å². The Morgan fingerprint density at radius 1 is 1.03 bits per heavy atom. The van der Waals surface area contributed by atoms with Crippen LogP contribution in [0.1, 0.15) is 58.8 Å². The molecular formula is C26H46F3N7O2. The van der Waals surface area contributed by atoms with Crippen molar-refractivity contribution in [3.8, 4) is 0 Å². The van der Waals surface area contributed by atoms with Crippen LogP contribution in [0.2, 0.25) is 0 Å². The van der Waals surface area contributed by atoms with E-state index in [0.29, 0.717) is 30.3 Å². The molecule has 0 aromatic carbocycles. The first kappa shape index (κ1) is 28.5. The third-order valence-electron chi connectivity index (χ3n) is 9.37.